The topological polar surface area (TPSA) is 64.6 Å². The molecule has 0 saturated heterocycles. The van der Waals surface area contributed by atoms with E-state index in [1.54, 1.807) is 32.2 Å². The van der Waals surface area contributed by atoms with Crippen LogP contribution >= 0.6 is 0 Å². The molecule has 1 atom stereocenters. The fraction of sp³-hybridized carbons (Fsp3) is 0.294. The lowest BCUT2D eigenvalue weighted by atomic mass is 10.0. The van der Waals surface area contributed by atoms with Crippen LogP contribution in [0.15, 0.2) is 47.4 Å². The Balaban J connectivity index is 1.91. The van der Waals surface area contributed by atoms with Gasteiger partial charge in [-0.25, -0.2) is 13.1 Å². The molecule has 0 amide bonds. The van der Waals surface area contributed by atoms with Crippen molar-refractivity contribution in [1.82, 2.24) is 4.72 Å². The maximum Gasteiger partial charge on any atom is 0.241 e. The first-order chi connectivity index (χ1) is 11.0. The van der Waals surface area contributed by atoms with E-state index in [4.69, 9.17) is 9.47 Å². The molecule has 0 radical (unpaired) electrons. The second-order valence-corrected chi connectivity index (χ2v) is 7.16. The van der Waals surface area contributed by atoms with Gasteiger partial charge in [-0.05, 0) is 36.8 Å². The van der Waals surface area contributed by atoms with Gasteiger partial charge >= 0.3 is 0 Å². The number of rotatable bonds is 4. The molecular formula is C17H19NO4S. The van der Waals surface area contributed by atoms with Crippen molar-refractivity contribution >= 4 is 10.0 Å². The van der Waals surface area contributed by atoms with Gasteiger partial charge in [-0.1, -0.05) is 18.2 Å². The molecule has 122 valence electrons. The number of fused-ring (bicyclic) bond motifs is 1. The summed E-state index contributed by atoms with van der Waals surface area (Å²) < 4.78 is 39.0. The Morgan fingerprint density at radius 1 is 1.22 bits per heavy atom. The van der Waals surface area contributed by atoms with Gasteiger partial charge in [0.1, 0.15) is 11.5 Å². The molecule has 1 N–H and O–H groups in total. The summed E-state index contributed by atoms with van der Waals surface area (Å²) in [4.78, 5) is 0.266. The van der Waals surface area contributed by atoms with Crippen LogP contribution in [0.4, 0.5) is 0 Å². The number of hydrogen-bond donors (Lipinski definition) is 1. The van der Waals surface area contributed by atoms with Crippen LogP contribution in [0.5, 0.6) is 11.5 Å². The van der Waals surface area contributed by atoms with Crippen molar-refractivity contribution in [2.24, 2.45) is 0 Å². The minimum Gasteiger partial charge on any atom is -0.497 e. The lowest BCUT2D eigenvalue weighted by molar-refractivity contribution is 0.263. The van der Waals surface area contributed by atoms with Crippen LogP contribution in [0.25, 0.3) is 0 Å². The largest absolute Gasteiger partial charge is 0.497 e. The highest BCUT2D eigenvalue weighted by molar-refractivity contribution is 7.89. The Kier molecular flexibility index (Phi) is 4.28. The van der Waals surface area contributed by atoms with Crippen LogP contribution in [0, 0.1) is 6.92 Å². The number of nitrogens with one attached hydrogen (secondary N) is 1. The highest BCUT2D eigenvalue weighted by Crippen LogP contribution is 2.33. The van der Waals surface area contributed by atoms with Gasteiger partial charge in [0.15, 0.2) is 0 Å². The molecule has 1 aliphatic rings. The van der Waals surface area contributed by atoms with Gasteiger partial charge in [0.2, 0.25) is 10.0 Å². The van der Waals surface area contributed by atoms with Crippen LogP contribution < -0.4 is 14.2 Å². The number of para-hydroxylation sites is 1. The molecule has 0 bridgehead atoms. The third-order valence-corrected chi connectivity index (χ3v) is 5.56. The Bertz CT molecular complexity index is 817. The molecule has 23 heavy (non-hydrogen) atoms. The molecule has 0 fully saturated rings. The van der Waals surface area contributed by atoms with E-state index in [2.05, 4.69) is 4.72 Å². The zero-order valence-electron chi connectivity index (χ0n) is 13.1. The standard InChI is InChI=1S/C17H19NO4S/c1-12-11-13(21-2)7-8-17(12)23(19,20)18-15-9-10-22-16-6-4-3-5-14(15)16/h3-8,11,15,18H,9-10H2,1-2H3. The number of aryl methyl sites for hydroxylation is 1. The van der Waals surface area contributed by atoms with Crippen LogP contribution in [-0.4, -0.2) is 22.1 Å². The van der Waals surface area contributed by atoms with E-state index < -0.39 is 10.0 Å². The van der Waals surface area contributed by atoms with Crippen molar-refractivity contribution in [3.8, 4) is 11.5 Å². The van der Waals surface area contributed by atoms with Crippen molar-refractivity contribution in [2.75, 3.05) is 13.7 Å². The summed E-state index contributed by atoms with van der Waals surface area (Å²) in [5, 5.41) is 0. The number of methoxy groups -OCH3 is 1. The number of benzene rings is 2. The lowest BCUT2D eigenvalue weighted by Gasteiger charge is -2.26. The van der Waals surface area contributed by atoms with Gasteiger partial charge < -0.3 is 9.47 Å². The summed E-state index contributed by atoms with van der Waals surface area (Å²) in [7, 11) is -2.06. The predicted octanol–water partition coefficient (Wildman–Crippen LogP) is 2.81. The van der Waals surface area contributed by atoms with E-state index in [1.807, 2.05) is 24.3 Å². The Labute approximate surface area is 136 Å². The van der Waals surface area contributed by atoms with Crippen molar-refractivity contribution in [2.45, 2.75) is 24.3 Å². The molecule has 5 nitrogen and oxygen atoms in total. The van der Waals surface area contributed by atoms with Crippen LogP contribution in [0.3, 0.4) is 0 Å². The molecule has 1 unspecified atom stereocenters. The van der Waals surface area contributed by atoms with Crippen molar-refractivity contribution in [3.05, 3.63) is 53.6 Å². The summed E-state index contributed by atoms with van der Waals surface area (Å²) in [6.07, 6.45) is 0.603. The van der Waals surface area contributed by atoms with E-state index in [9.17, 15) is 8.42 Å². The molecule has 6 heteroatoms. The normalized spacial score (nSPS) is 17.2. The van der Waals surface area contributed by atoms with E-state index in [0.29, 0.717) is 24.3 Å². The van der Waals surface area contributed by atoms with Gasteiger partial charge in [-0.2, -0.15) is 0 Å². The maximum absolute atomic E-state index is 12.7. The average Bonchev–Trinajstić information content (AvgIpc) is 2.54. The van der Waals surface area contributed by atoms with Gasteiger partial charge in [0.05, 0.1) is 24.7 Å². The molecule has 0 spiro atoms. The monoisotopic (exact) mass is 333 g/mol. The SMILES string of the molecule is COc1ccc(S(=O)(=O)NC2CCOc3ccccc32)c(C)c1. The zero-order chi connectivity index (χ0) is 16.4. The van der Waals surface area contributed by atoms with Crippen LogP contribution in [0.2, 0.25) is 0 Å². The molecule has 1 heterocycles. The second kappa shape index (κ2) is 6.22. The molecule has 2 aromatic carbocycles. The first-order valence-electron chi connectivity index (χ1n) is 7.40. The first kappa shape index (κ1) is 15.8. The Morgan fingerprint density at radius 2 is 2.00 bits per heavy atom. The minimum atomic E-state index is -3.62. The van der Waals surface area contributed by atoms with E-state index in [0.717, 1.165) is 11.3 Å². The highest BCUT2D eigenvalue weighted by Gasteiger charge is 2.27. The lowest BCUT2D eigenvalue weighted by Crippen LogP contribution is -2.32. The Morgan fingerprint density at radius 3 is 2.74 bits per heavy atom. The quantitative estimate of drug-likeness (QED) is 0.934. The molecule has 1 aliphatic heterocycles. The van der Waals surface area contributed by atoms with Gasteiger partial charge in [-0.15, -0.1) is 0 Å². The number of ether oxygens (including phenoxy) is 2. The van der Waals surface area contributed by atoms with E-state index in [-0.39, 0.29) is 10.9 Å². The summed E-state index contributed by atoms with van der Waals surface area (Å²) in [5.74, 6) is 1.37. The maximum atomic E-state index is 12.7. The fourth-order valence-corrected chi connectivity index (χ4v) is 4.24. The van der Waals surface area contributed by atoms with E-state index >= 15 is 0 Å². The first-order valence-corrected chi connectivity index (χ1v) is 8.88. The minimum absolute atomic E-state index is 0.266. The van der Waals surface area contributed by atoms with Gasteiger partial charge in [0.25, 0.3) is 0 Å². The second-order valence-electron chi connectivity index (χ2n) is 5.48. The molecule has 0 aromatic heterocycles. The third-order valence-electron chi connectivity index (χ3n) is 3.93. The molecule has 0 aliphatic carbocycles. The average molecular weight is 333 g/mol. The smallest absolute Gasteiger partial charge is 0.241 e. The molecule has 0 saturated carbocycles. The van der Waals surface area contributed by atoms with Crippen molar-refractivity contribution in [3.63, 3.8) is 0 Å². The Hall–Kier alpha value is -2.05. The summed E-state index contributed by atoms with van der Waals surface area (Å²) in [5.41, 5.74) is 1.52. The number of sulfonamides is 1. The fourth-order valence-electron chi connectivity index (χ4n) is 2.77. The van der Waals surface area contributed by atoms with Gasteiger partial charge in [-0.3, -0.25) is 0 Å². The summed E-state index contributed by atoms with van der Waals surface area (Å²) in [6, 6.07) is 12.2. The summed E-state index contributed by atoms with van der Waals surface area (Å²) in [6.45, 7) is 2.25. The summed E-state index contributed by atoms with van der Waals surface area (Å²) >= 11 is 0. The predicted molar refractivity (Wildman–Crippen MR) is 87.3 cm³/mol. The molecule has 2 aromatic rings. The van der Waals surface area contributed by atoms with Crippen LogP contribution in [0.1, 0.15) is 23.6 Å². The van der Waals surface area contributed by atoms with Crippen molar-refractivity contribution < 1.29 is 17.9 Å². The highest BCUT2D eigenvalue weighted by atomic mass is 32.2. The zero-order valence-corrected chi connectivity index (χ0v) is 13.9. The van der Waals surface area contributed by atoms with E-state index in [1.165, 1.54) is 0 Å². The third kappa shape index (κ3) is 3.18. The molecular weight excluding hydrogens is 314 g/mol. The van der Waals surface area contributed by atoms with Gasteiger partial charge in [0, 0.05) is 12.0 Å². The van der Waals surface area contributed by atoms with Crippen molar-refractivity contribution in [1.29, 1.82) is 0 Å². The van der Waals surface area contributed by atoms with Crippen LogP contribution in [-0.2, 0) is 10.0 Å². The molecule has 3 rings (SSSR count). The number of hydrogen-bond acceptors (Lipinski definition) is 4.